The molecule has 3 rings (SSSR count). The molecule has 1 aliphatic carbocycles. The highest BCUT2D eigenvalue weighted by atomic mass is 16.5. The van der Waals surface area contributed by atoms with Gasteiger partial charge in [0.05, 0.1) is 19.3 Å². The summed E-state index contributed by atoms with van der Waals surface area (Å²) in [6, 6.07) is 8.45. The van der Waals surface area contributed by atoms with Crippen LogP contribution < -0.4 is 10.1 Å². The zero-order valence-corrected chi connectivity index (χ0v) is 13.4. The topological polar surface area (TPSA) is 33.7 Å². The second kappa shape index (κ2) is 8.51. The van der Waals surface area contributed by atoms with Crippen molar-refractivity contribution < 1.29 is 9.47 Å². The van der Waals surface area contributed by atoms with Crippen LogP contribution in [0.15, 0.2) is 24.3 Å². The molecule has 0 spiro atoms. The van der Waals surface area contributed by atoms with Crippen molar-refractivity contribution in [2.75, 3.05) is 39.4 Å². The fourth-order valence-electron chi connectivity index (χ4n) is 3.24. The SMILES string of the molecule is c1ccc(OC2CCCC2)c(CNCCN2CCOCC2)c1. The summed E-state index contributed by atoms with van der Waals surface area (Å²) in [5.74, 6) is 1.06. The van der Waals surface area contributed by atoms with E-state index < -0.39 is 0 Å². The second-order valence-corrected chi connectivity index (χ2v) is 6.26. The number of rotatable bonds is 7. The maximum absolute atomic E-state index is 6.19. The van der Waals surface area contributed by atoms with Crippen LogP contribution in [0.4, 0.5) is 0 Å². The van der Waals surface area contributed by atoms with Crippen LogP contribution in [0.2, 0.25) is 0 Å². The monoisotopic (exact) mass is 304 g/mol. The molecule has 0 unspecified atom stereocenters. The Morgan fingerprint density at radius 1 is 1.14 bits per heavy atom. The lowest BCUT2D eigenvalue weighted by molar-refractivity contribution is 0.0384. The first-order valence-electron chi connectivity index (χ1n) is 8.67. The molecule has 1 heterocycles. The summed E-state index contributed by atoms with van der Waals surface area (Å²) < 4.78 is 11.6. The summed E-state index contributed by atoms with van der Waals surface area (Å²) in [6.45, 7) is 6.85. The van der Waals surface area contributed by atoms with E-state index in [-0.39, 0.29) is 0 Å². The Kier molecular flexibility index (Phi) is 6.11. The van der Waals surface area contributed by atoms with Crippen LogP contribution in [0.3, 0.4) is 0 Å². The molecule has 1 saturated heterocycles. The van der Waals surface area contributed by atoms with Crippen molar-refractivity contribution >= 4 is 0 Å². The van der Waals surface area contributed by atoms with Gasteiger partial charge in [-0.2, -0.15) is 0 Å². The Hall–Kier alpha value is -1.10. The van der Waals surface area contributed by atoms with Gasteiger partial charge in [-0.3, -0.25) is 4.90 Å². The van der Waals surface area contributed by atoms with Crippen molar-refractivity contribution in [3.05, 3.63) is 29.8 Å². The van der Waals surface area contributed by atoms with E-state index in [1.165, 1.54) is 31.2 Å². The highest BCUT2D eigenvalue weighted by Gasteiger charge is 2.17. The van der Waals surface area contributed by atoms with Crippen LogP contribution in [0.1, 0.15) is 31.2 Å². The third-order valence-corrected chi connectivity index (χ3v) is 4.59. The highest BCUT2D eigenvalue weighted by Crippen LogP contribution is 2.26. The predicted octanol–water partition coefficient (Wildman–Crippen LogP) is 2.43. The van der Waals surface area contributed by atoms with Crippen molar-refractivity contribution in [2.24, 2.45) is 0 Å². The van der Waals surface area contributed by atoms with Gasteiger partial charge in [-0.1, -0.05) is 18.2 Å². The van der Waals surface area contributed by atoms with Gasteiger partial charge in [-0.05, 0) is 31.7 Å². The zero-order chi connectivity index (χ0) is 15.0. The van der Waals surface area contributed by atoms with Crippen molar-refractivity contribution in [3.63, 3.8) is 0 Å². The number of hydrogen-bond donors (Lipinski definition) is 1. The predicted molar refractivity (Wildman–Crippen MR) is 88.3 cm³/mol. The zero-order valence-electron chi connectivity index (χ0n) is 13.4. The van der Waals surface area contributed by atoms with E-state index in [1.54, 1.807) is 0 Å². The average Bonchev–Trinajstić information content (AvgIpc) is 3.07. The van der Waals surface area contributed by atoms with Crippen molar-refractivity contribution in [1.82, 2.24) is 10.2 Å². The molecular formula is C18H28N2O2. The highest BCUT2D eigenvalue weighted by molar-refractivity contribution is 5.33. The maximum atomic E-state index is 6.19. The van der Waals surface area contributed by atoms with E-state index in [4.69, 9.17) is 9.47 Å². The summed E-state index contributed by atoms with van der Waals surface area (Å²) in [6.07, 6.45) is 5.46. The molecule has 22 heavy (non-hydrogen) atoms. The first kappa shape index (κ1) is 15.8. The molecule has 0 aromatic heterocycles. The molecule has 2 fully saturated rings. The Morgan fingerprint density at radius 2 is 1.91 bits per heavy atom. The third-order valence-electron chi connectivity index (χ3n) is 4.59. The molecule has 2 aliphatic rings. The quantitative estimate of drug-likeness (QED) is 0.785. The van der Waals surface area contributed by atoms with Gasteiger partial charge in [-0.15, -0.1) is 0 Å². The maximum Gasteiger partial charge on any atom is 0.124 e. The van der Waals surface area contributed by atoms with E-state index in [2.05, 4.69) is 34.5 Å². The van der Waals surface area contributed by atoms with E-state index in [1.807, 2.05) is 0 Å². The molecule has 122 valence electrons. The van der Waals surface area contributed by atoms with Crippen LogP contribution in [-0.4, -0.2) is 50.4 Å². The number of hydrogen-bond acceptors (Lipinski definition) is 4. The average molecular weight is 304 g/mol. The number of benzene rings is 1. The Morgan fingerprint density at radius 3 is 2.73 bits per heavy atom. The van der Waals surface area contributed by atoms with Gasteiger partial charge in [0.15, 0.2) is 0 Å². The number of ether oxygens (including phenoxy) is 2. The molecule has 1 aromatic carbocycles. The first-order valence-corrected chi connectivity index (χ1v) is 8.67. The minimum atomic E-state index is 0.425. The minimum Gasteiger partial charge on any atom is -0.490 e. The fraction of sp³-hybridized carbons (Fsp3) is 0.667. The van der Waals surface area contributed by atoms with Gasteiger partial charge in [-0.25, -0.2) is 0 Å². The number of para-hydroxylation sites is 1. The van der Waals surface area contributed by atoms with Crippen LogP contribution in [0.25, 0.3) is 0 Å². The number of nitrogens with one attached hydrogen (secondary N) is 1. The molecule has 0 bridgehead atoms. The molecule has 1 saturated carbocycles. The van der Waals surface area contributed by atoms with Gasteiger partial charge >= 0.3 is 0 Å². The van der Waals surface area contributed by atoms with Gasteiger partial charge < -0.3 is 14.8 Å². The largest absolute Gasteiger partial charge is 0.490 e. The van der Waals surface area contributed by atoms with Gasteiger partial charge in [0.1, 0.15) is 5.75 Å². The van der Waals surface area contributed by atoms with E-state index in [0.717, 1.165) is 51.7 Å². The van der Waals surface area contributed by atoms with Crippen molar-refractivity contribution in [1.29, 1.82) is 0 Å². The lowest BCUT2D eigenvalue weighted by atomic mass is 10.2. The normalized spacial score (nSPS) is 20.4. The summed E-state index contributed by atoms with van der Waals surface area (Å²) in [5.41, 5.74) is 1.27. The molecular weight excluding hydrogens is 276 g/mol. The van der Waals surface area contributed by atoms with Crippen LogP contribution in [0, 0.1) is 0 Å². The molecule has 0 atom stereocenters. The summed E-state index contributed by atoms with van der Waals surface area (Å²) in [7, 11) is 0. The molecule has 1 aromatic rings. The van der Waals surface area contributed by atoms with Crippen molar-refractivity contribution in [3.8, 4) is 5.75 Å². The molecule has 1 N–H and O–H groups in total. The Labute approximate surface area is 133 Å². The molecule has 0 amide bonds. The van der Waals surface area contributed by atoms with Crippen LogP contribution in [0.5, 0.6) is 5.75 Å². The lowest BCUT2D eigenvalue weighted by Gasteiger charge is -2.26. The molecule has 4 nitrogen and oxygen atoms in total. The van der Waals surface area contributed by atoms with Gasteiger partial charge in [0.2, 0.25) is 0 Å². The van der Waals surface area contributed by atoms with Crippen LogP contribution >= 0.6 is 0 Å². The van der Waals surface area contributed by atoms with Crippen LogP contribution in [-0.2, 0) is 11.3 Å². The van der Waals surface area contributed by atoms with Gasteiger partial charge in [0, 0.05) is 38.3 Å². The smallest absolute Gasteiger partial charge is 0.124 e. The summed E-state index contributed by atoms with van der Waals surface area (Å²) >= 11 is 0. The lowest BCUT2D eigenvalue weighted by Crippen LogP contribution is -2.40. The molecule has 4 heteroatoms. The summed E-state index contributed by atoms with van der Waals surface area (Å²) in [5, 5.41) is 3.55. The Bertz CT molecular complexity index is 440. The van der Waals surface area contributed by atoms with Crippen molar-refractivity contribution in [2.45, 2.75) is 38.3 Å². The second-order valence-electron chi connectivity index (χ2n) is 6.26. The number of nitrogens with zero attached hydrogens (tertiary/aromatic N) is 1. The molecule has 1 aliphatic heterocycles. The fourth-order valence-corrected chi connectivity index (χ4v) is 3.24. The first-order chi connectivity index (χ1) is 10.9. The molecule has 0 radical (unpaired) electrons. The van der Waals surface area contributed by atoms with E-state index in [0.29, 0.717) is 6.10 Å². The minimum absolute atomic E-state index is 0.425. The van der Waals surface area contributed by atoms with Gasteiger partial charge in [0.25, 0.3) is 0 Å². The third kappa shape index (κ3) is 4.70. The Balaban J connectivity index is 1.43. The number of morpholine rings is 1. The van der Waals surface area contributed by atoms with E-state index >= 15 is 0 Å². The van der Waals surface area contributed by atoms with E-state index in [9.17, 15) is 0 Å². The standard InChI is InChI=1S/C18H28N2O2/c1-4-8-18(22-17-6-2-3-7-17)16(5-1)15-19-9-10-20-11-13-21-14-12-20/h1,4-5,8,17,19H,2-3,6-7,9-15H2. The summed E-state index contributed by atoms with van der Waals surface area (Å²) in [4.78, 5) is 2.46.